The van der Waals surface area contributed by atoms with E-state index in [1.165, 1.54) is 17.3 Å². The Bertz CT molecular complexity index is 968. The number of carbonyl (C=O) groups excluding carboxylic acids is 1. The molecule has 31 heavy (non-hydrogen) atoms. The molecular formula is C24H25NO4S2. The summed E-state index contributed by atoms with van der Waals surface area (Å²) in [5.41, 5.74) is 3.24. The number of carbonyl (C=O) groups is 2. The fraction of sp³-hybridized carbons (Fsp3) is 0.292. The molecule has 1 heterocycles. The molecule has 0 bridgehead atoms. The molecule has 3 rings (SSSR count). The van der Waals surface area contributed by atoms with Gasteiger partial charge in [-0.15, -0.1) is 0 Å². The van der Waals surface area contributed by atoms with E-state index in [1.54, 1.807) is 4.90 Å². The van der Waals surface area contributed by atoms with Gasteiger partial charge in [0.15, 0.2) is 0 Å². The van der Waals surface area contributed by atoms with E-state index < -0.39 is 5.97 Å². The summed E-state index contributed by atoms with van der Waals surface area (Å²) in [5.74, 6) is -0.111. The number of rotatable bonds is 10. The van der Waals surface area contributed by atoms with Crippen molar-refractivity contribution >= 4 is 46.3 Å². The van der Waals surface area contributed by atoms with Crippen LogP contribution >= 0.6 is 24.0 Å². The number of thioether (sulfide) groups is 1. The van der Waals surface area contributed by atoms with Crippen LogP contribution in [0.2, 0.25) is 0 Å². The van der Waals surface area contributed by atoms with E-state index in [4.69, 9.17) is 22.1 Å². The fourth-order valence-electron chi connectivity index (χ4n) is 3.08. The summed E-state index contributed by atoms with van der Waals surface area (Å²) in [6, 6.07) is 15.9. The molecule has 1 fully saturated rings. The lowest BCUT2D eigenvalue weighted by Gasteiger charge is -2.13. The quantitative estimate of drug-likeness (QED) is 0.293. The van der Waals surface area contributed by atoms with Crippen LogP contribution in [-0.2, 0) is 16.2 Å². The summed E-state index contributed by atoms with van der Waals surface area (Å²) in [7, 11) is 0. The van der Waals surface area contributed by atoms with Crippen molar-refractivity contribution in [1.29, 1.82) is 0 Å². The van der Waals surface area contributed by atoms with Crippen molar-refractivity contribution in [3.63, 3.8) is 0 Å². The van der Waals surface area contributed by atoms with Crippen molar-refractivity contribution in [2.45, 2.75) is 39.2 Å². The first-order chi connectivity index (χ1) is 14.9. The Kier molecular flexibility index (Phi) is 8.26. The Hall–Kier alpha value is -2.64. The van der Waals surface area contributed by atoms with E-state index in [0.717, 1.165) is 29.7 Å². The highest BCUT2D eigenvalue weighted by Crippen LogP contribution is 2.33. The lowest BCUT2D eigenvalue weighted by atomic mass is 10.1. The number of amides is 1. The molecule has 0 saturated carbocycles. The van der Waals surface area contributed by atoms with Crippen LogP contribution in [0, 0.1) is 6.92 Å². The SMILES string of the molecule is Cc1ccc(COc2ccc(C=C3SC(=S)N(CCCCCC(=O)O)C3=O)cc2)cc1. The molecule has 0 radical (unpaired) electrons. The molecule has 1 N–H and O–H groups in total. The summed E-state index contributed by atoms with van der Waals surface area (Å²) in [5, 5.41) is 8.69. The van der Waals surface area contributed by atoms with Crippen LogP contribution in [0.5, 0.6) is 5.75 Å². The van der Waals surface area contributed by atoms with Gasteiger partial charge in [-0.05, 0) is 49.1 Å². The minimum absolute atomic E-state index is 0.0899. The monoisotopic (exact) mass is 455 g/mol. The second-order valence-corrected chi connectivity index (χ2v) is 9.06. The first kappa shape index (κ1) is 23.0. The van der Waals surface area contributed by atoms with Gasteiger partial charge in [0.2, 0.25) is 0 Å². The van der Waals surface area contributed by atoms with E-state index in [-0.39, 0.29) is 12.3 Å². The fourth-order valence-corrected chi connectivity index (χ4v) is 4.39. The third-order valence-corrected chi connectivity index (χ3v) is 6.23. The van der Waals surface area contributed by atoms with Crippen LogP contribution in [0.25, 0.3) is 6.08 Å². The number of carboxylic acids is 1. The van der Waals surface area contributed by atoms with Crippen molar-refractivity contribution in [2.75, 3.05) is 6.54 Å². The normalized spacial score (nSPS) is 15.0. The highest BCUT2D eigenvalue weighted by Gasteiger charge is 2.31. The molecule has 0 aliphatic carbocycles. The predicted octanol–water partition coefficient (Wildman–Crippen LogP) is 5.42. The van der Waals surface area contributed by atoms with Gasteiger partial charge in [-0.3, -0.25) is 14.5 Å². The van der Waals surface area contributed by atoms with Crippen LogP contribution in [0.4, 0.5) is 0 Å². The number of benzene rings is 2. The number of carboxylic acid groups (broad SMARTS) is 1. The third-order valence-electron chi connectivity index (χ3n) is 4.85. The lowest BCUT2D eigenvalue weighted by molar-refractivity contribution is -0.137. The number of hydrogen-bond donors (Lipinski definition) is 1. The van der Waals surface area contributed by atoms with Crippen molar-refractivity contribution in [3.05, 3.63) is 70.1 Å². The van der Waals surface area contributed by atoms with Crippen molar-refractivity contribution < 1.29 is 19.4 Å². The molecule has 0 atom stereocenters. The van der Waals surface area contributed by atoms with E-state index in [1.807, 2.05) is 30.3 Å². The Labute approximate surface area is 192 Å². The molecule has 0 aromatic heterocycles. The standard InChI is InChI=1S/C24H25NO4S2/c1-17-6-8-19(9-7-17)16-29-20-12-10-18(11-13-20)15-21-23(28)25(24(30)31-21)14-4-2-3-5-22(26)27/h6-13,15H,2-5,14,16H2,1H3,(H,26,27). The van der Waals surface area contributed by atoms with Crippen LogP contribution in [0.3, 0.4) is 0 Å². The van der Waals surface area contributed by atoms with Gasteiger partial charge in [-0.2, -0.15) is 0 Å². The van der Waals surface area contributed by atoms with Gasteiger partial charge < -0.3 is 9.84 Å². The van der Waals surface area contributed by atoms with Crippen molar-refractivity contribution in [2.24, 2.45) is 0 Å². The summed E-state index contributed by atoms with van der Waals surface area (Å²) >= 11 is 6.65. The second kappa shape index (κ2) is 11.1. The Morgan fingerprint density at radius 2 is 1.81 bits per heavy atom. The van der Waals surface area contributed by atoms with Crippen LogP contribution in [0.1, 0.15) is 42.4 Å². The van der Waals surface area contributed by atoms with Gasteiger partial charge in [-0.25, -0.2) is 0 Å². The van der Waals surface area contributed by atoms with Crippen molar-refractivity contribution in [3.8, 4) is 5.75 Å². The zero-order valence-corrected chi connectivity index (χ0v) is 19.0. The van der Waals surface area contributed by atoms with Gasteiger partial charge in [0.05, 0.1) is 4.91 Å². The maximum atomic E-state index is 12.7. The smallest absolute Gasteiger partial charge is 0.303 e. The third kappa shape index (κ3) is 6.94. The zero-order valence-electron chi connectivity index (χ0n) is 17.4. The molecule has 2 aromatic rings. The highest BCUT2D eigenvalue weighted by molar-refractivity contribution is 8.26. The number of nitrogens with zero attached hydrogens (tertiary/aromatic N) is 1. The molecule has 5 nitrogen and oxygen atoms in total. The maximum absolute atomic E-state index is 12.7. The Balaban J connectivity index is 1.52. The van der Waals surface area contributed by atoms with E-state index in [0.29, 0.717) is 28.8 Å². The summed E-state index contributed by atoms with van der Waals surface area (Å²) < 4.78 is 6.38. The van der Waals surface area contributed by atoms with E-state index in [2.05, 4.69) is 31.2 Å². The molecule has 0 spiro atoms. The van der Waals surface area contributed by atoms with Crippen LogP contribution in [0.15, 0.2) is 53.4 Å². The largest absolute Gasteiger partial charge is 0.489 e. The number of ether oxygens (including phenoxy) is 1. The molecule has 1 amide bonds. The maximum Gasteiger partial charge on any atom is 0.303 e. The number of thiocarbonyl (C=S) groups is 1. The van der Waals surface area contributed by atoms with Gasteiger partial charge in [-0.1, -0.05) is 72.4 Å². The minimum Gasteiger partial charge on any atom is -0.489 e. The summed E-state index contributed by atoms with van der Waals surface area (Å²) in [6.45, 7) is 3.08. The number of aryl methyl sites for hydroxylation is 1. The van der Waals surface area contributed by atoms with Gasteiger partial charge in [0.1, 0.15) is 16.7 Å². The number of unbranched alkanes of at least 4 members (excludes halogenated alkanes) is 2. The number of hydrogen-bond acceptors (Lipinski definition) is 5. The summed E-state index contributed by atoms with van der Waals surface area (Å²) in [4.78, 5) is 25.4. The van der Waals surface area contributed by atoms with Crippen molar-refractivity contribution in [1.82, 2.24) is 4.90 Å². The second-order valence-electron chi connectivity index (χ2n) is 7.38. The average Bonchev–Trinajstić information content (AvgIpc) is 3.01. The first-order valence-electron chi connectivity index (χ1n) is 10.2. The average molecular weight is 456 g/mol. The van der Waals surface area contributed by atoms with Gasteiger partial charge in [0, 0.05) is 13.0 Å². The molecule has 1 aliphatic heterocycles. The van der Waals surface area contributed by atoms with Crippen LogP contribution < -0.4 is 4.74 Å². The topological polar surface area (TPSA) is 66.8 Å². The first-order valence-corrected chi connectivity index (χ1v) is 11.4. The minimum atomic E-state index is -0.792. The Morgan fingerprint density at radius 1 is 1.10 bits per heavy atom. The van der Waals surface area contributed by atoms with Crippen LogP contribution in [-0.4, -0.2) is 32.7 Å². The number of aliphatic carboxylic acids is 1. The van der Waals surface area contributed by atoms with E-state index >= 15 is 0 Å². The Morgan fingerprint density at radius 3 is 2.48 bits per heavy atom. The zero-order chi connectivity index (χ0) is 22.2. The molecule has 2 aromatic carbocycles. The van der Waals surface area contributed by atoms with Gasteiger partial charge >= 0.3 is 5.97 Å². The molecule has 7 heteroatoms. The van der Waals surface area contributed by atoms with E-state index in [9.17, 15) is 9.59 Å². The molecule has 0 unspecified atom stereocenters. The molecule has 162 valence electrons. The highest BCUT2D eigenvalue weighted by atomic mass is 32.2. The lowest BCUT2D eigenvalue weighted by Crippen LogP contribution is -2.29. The van der Waals surface area contributed by atoms with Gasteiger partial charge in [0.25, 0.3) is 5.91 Å². The molecular weight excluding hydrogens is 430 g/mol. The predicted molar refractivity (Wildman–Crippen MR) is 128 cm³/mol. The molecule has 1 saturated heterocycles. The summed E-state index contributed by atoms with van der Waals surface area (Å²) in [6.07, 6.45) is 4.10. The molecule has 1 aliphatic rings.